The van der Waals surface area contributed by atoms with Crippen LogP contribution < -0.4 is 16.0 Å². The molecule has 120 valence electrons. The Hall–Kier alpha value is -2.74. The fourth-order valence-electron chi connectivity index (χ4n) is 2.40. The maximum absolute atomic E-state index is 12.3. The van der Waals surface area contributed by atoms with Gasteiger partial charge in [-0.1, -0.05) is 26.7 Å². The largest absolute Gasteiger partial charge is 0.495 e. The van der Waals surface area contributed by atoms with Crippen molar-refractivity contribution in [1.82, 2.24) is 9.13 Å². The maximum atomic E-state index is 12.3. The first-order valence-corrected chi connectivity index (χ1v) is 7.19. The highest BCUT2D eigenvalue weighted by atomic mass is 16.5. The molecule has 23 heavy (non-hydrogen) atoms. The lowest BCUT2D eigenvalue weighted by Crippen LogP contribution is -2.36. The van der Waals surface area contributed by atoms with Crippen molar-refractivity contribution in [2.24, 2.45) is 7.05 Å². The molecule has 0 radical (unpaired) electrons. The van der Waals surface area contributed by atoms with E-state index in [1.54, 1.807) is 13.2 Å². The van der Waals surface area contributed by atoms with Gasteiger partial charge in [-0.25, -0.2) is 4.79 Å². The topological polar surface area (TPSA) is 53.2 Å². The predicted molar refractivity (Wildman–Crippen MR) is 90.5 cm³/mol. The molecule has 0 N–H and O–H groups in total. The van der Waals surface area contributed by atoms with Gasteiger partial charge in [-0.3, -0.25) is 13.9 Å². The number of ether oxygens (including phenoxy) is 1. The van der Waals surface area contributed by atoms with Crippen molar-refractivity contribution in [2.45, 2.75) is 26.2 Å². The SMILES string of the molecule is C#Cc1cc(-n2ccc(=O)n(C)c2=O)cc(C(C)(C)C)c1OC. The molecule has 0 spiro atoms. The molecule has 0 aliphatic rings. The Balaban J connectivity index is 2.86. The highest BCUT2D eigenvalue weighted by molar-refractivity contribution is 5.58. The molecule has 0 aliphatic carbocycles. The zero-order valence-corrected chi connectivity index (χ0v) is 14.0. The van der Waals surface area contributed by atoms with Gasteiger partial charge in [0.15, 0.2) is 0 Å². The van der Waals surface area contributed by atoms with Crippen LogP contribution in [0.3, 0.4) is 0 Å². The monoisotopic (exact) mass is 312 g/mol. The minimum absolute atomic E-state index is 0.225. The molecule has 0 saturated heterocycles. The Labute approximate surface area is 135 Å². The van der Waals surface area contributed by atoms with E-state index in [9.17, 15) is 9.59 Å². The summed E-state index contributed by atoms with van der Waals surface area (Å²) in [6.07, 6.45) is 7.06. The van der Waals surface area contributed by atoms with Crippen LogP contribution >= 0.6 is 0 Å². The van der Waals surface area contributed by atoms with Gasteiger partial charge in [0, 0.05) is 24.9 Å². The van der Waals surface area contributed by atoms with Crippen molar-refractivity contribution in [2.75, 3.05) is 7.11 Å². The fraction of sp³-hybridized carbons (Fsp3) is 0.333. The number of methoxy groups -OCH3 is 1. The fourth-order valence-corrected chi connectivity index (χ4v) is 2.40. The summed E-state index contributed by atoms with van der Waals surface area (Å²) in [4.78, 5) is 23.9. The highest BCUT2D eigenvalue weighted by Crippen LogP contribution is 2.35. The zero-order chi connectivity index (χ0) is 17.4. The van der Waals surface area contributed by atoms with Gasteiger partial charge >= 0.3 is 5.69 Å². The molecule has 0 atom stereocenters. The number of nitrogens with zero attached hydrogens (tertiary/aromatic N) is 2. The summed E-state index contributed by atoms with van der Waals surface area (Å²) >= 11 is 0. The molecular formula is C18H20N2O3. The van der Waals surface area contributed by atoms with Gasteiger partial charge < -0.3 is 4.74 Å². The van der Waals surface area contributed by atoms with Crippen LogP contribution in [-0.4, -0.2) is 16.2 Å². The highest BCUT2D eigenvalue weighted by Gasteiger charge is 2.22. The second kappa shape index (κ2) is 5.81. The first-order valence-electron chi connectivity index (χ1n) is 7.19. The number of aromatic nitrogens is 2. The molecule has 2 rings (SSSR count). The van der Waals surface area contributed by atoms with Gasteiger partial charge in [0.2, 0.25) is 0 Å². The van der Waals surface area contributed by atoms with E-state index in [0.717, 1.165) is 10.1 Å². The molecule has 0 bridgehead atoms. The Bertz CT molecular complexity index is 906. The summed E-state index contributed by atoms with van der Waals surface area (Å²) in [6, 6.07) is 4.92. The summed E-state index contributed by atoms with van der Waals surface area (Å²) in [5.74, 6) is 3.23. The molecule has 0 saturated carbocycles. The van der Waals surface area contributed by atoms with Crippen LogP contribution in [0.1, 0.15) is 31.9 Å². The van der Waals surface area contributed by atoms with Gasteiger partial charge in [0.05, 0.1) is 18.4 Å². The van der Waals surface area contributed by atoms with Crippen LogP contribution in [0.2, 0.25) is 0 Å². The van der Waals surface area contributed by atoms with Crippen LogP contribution in [0, 0.1) is 12.3 Å². The van der Waals surface area contributed by atoms with Gasteiger partial charge in [-0.15, -0.1) is 6.42 Å². The predicted octanol–water partition coefficient (Wildman–Crippen LogP) is 1.82. The molecule has 5 nitrogen and oxygen atoms in total. The Morgan fingerprint density at radius 3 is 2.39 bits per heavy atom. The van der Waals surface area contributed by atoms with Crippen LogP contribution in [0.5, 0.6) is 5.75 Å². The van der Waals surface area contributed by atoms with Crippen LogP contribution in [0.15, 0.2) is 34.0 Å². The molecule has 1 heterocycles. The first kappa shape index (κ1) is 16.6. The summed E-state index contributed by atoms with van der Waals surface area (Å²) in [5.41, 5.74) is 1.06. The number of rotatable bonds is 2. The van der Waals surface area contributed by atoms with Crippen molar-refractivity contribution >= 4 is 0 Å². The third-order valence-corrected chi connectivity index (χ3v) is 3.71. The van der Waals surface area contributed by atoms with E-state index in [1.165, 1.54) is 23.9 Å². The molecule has 0 unspecified atom stereocenters. The van der Waals surface area contributed by atoms with E-state index in [0.29, 0.717) is 17.0 Å². The lowest BCUT2D eigenvalue weighted by molar-refractivity contribution is 0.396. The van der Waals surface area contributed by atoms with Gasteiger partial charge in [-0.2, -0.15) is 0 Å². The third-order valence-electron chi connectivity index (χ3n) is 3.71. The molecule has 0 amide bonds. The van der Waals surface area contributed by atoms with Crippen molar-refractivity contribution in [1.29, 1.82) is 0 Å². The summed E-state index contributed by atoms with van der Waals surface area (Å²) in [7, 11) is 3.01. The molecule has 2 aromatic rings. The number of benzene rings is 1. The molecule has 0 fully saturated rings. The van der Waals surface area contributed by atoms with Gasteiger partial charge in [-0.05, 0) is 17.5 Å². The normalized spacial score (nSPS) is 11.1. The second-order valence-electron chi connectivity index (χ2n) is 6.33. The number of hydrogen-bond acceptors (Lipinski definition) is 3. The quantitative estimate of drug-likeness (QED) is 0.795. The Morgan fingerprint density at radius 2 is 1.87 bits per heavy atom. The van der Waals surface area contributed by atoms with Crippen LogP contribution in [0.4, 0.5) is 0 Å². The average molecular weight is 312 g/mol. The van der Waals surface area contributed by atoms with E-state index in [4.69, 9.17) is 11.2 Å². The second-order valence-corrected chi connectivity index (χ2v) is 6.33. The van der Waals surface area contributed by atoms with Gasteiger partial charge in [0.25, 0.3) is 5.56 Å². The molecule has 5 heteroatoms. The van der Waals surface area contributed by atoms with Crippen molar-refractivity contribution in [3.63, 3.8) is 0 Å². The van der Waals surface area contributed by atoms with E-state index in [2.05, 4.69) is 5.92 Å². The van der Waals surface area contributed by atoms with E-state index in [-0.39, 0.29) is 11.0 Å². The zero-order valence-electron chi connectivity index (χ0n) is 14.0. The Morgan fingerprint density at radius 1 is 1.22 bits per heavy atom. The molecular weight excluding hydrogens is 292 g/mol. The average Bonchev–Trinajstić information content (AvgIpc) is 2.50. The molecule has 1 aromatic carbocycles. The Kier molecular flexibility index (Phi) is 4.20. The minimum atomic E-state index is -0.425. The summed E-state index contributed by atoms with van der Waals surface area (Å²) < 4.78 is 7.92. The summed E-state index contributed by atoms with van der Waals surface area (Å²) in [6.45, 7) is 6.12. The maximum Gasteiger partial charge on any atom is 0.335 e. The van der Waals surface area contributed by atoms with Crippen molar-refractivity contribution < 1.29 is 4.74 Å². The minimum Gasteiger partial charge on any atom is -0.495 e. The van der Waals surface area contributed by atoms with Crippen molar-refractivity contribution in [3.05, 3.63) is 56.4 Å². The smallest absolute Gasteiger partial charge is 0.335 e. The molecule has 1 aromatic heterocycles. The number of terminal acetylenes is 1. The van der Waals surface area contributed by atoms with E-state index in [1.807, 2.05) is 26.8 Å². The third kappa shape index (κ3) is 2.93. The first-order chi connectivity index (χ1) is 10.7. The lowest BCUT2D eigenvalue weighted by atomic mass is 9.84. The standard InChI is InChI=1S/C18H20N2O3/c1-7-12-10-13(11-14(16(12)23-6)18(2,3)4)20-9-8-15(21)19(5)17(20)22/h1,8-11H,2-6H3. The van der Waals surface area contributed by atoms with Crippen LogP contribution in [0.25, 0.3) is 5.69 Å². The number of hydrogen-bond donors (Lipinski definition) is 0. The van der Waals surface area contributed by atoms with Gasteiger partial charge in [0.1, 0.15) is 5.75 Å². The summed E-state index contributed by atoms with van der Waals surface area (Å²) in [5, 5.41) is 0. The van der Waals surface area contributed by atoms with Crippen molar-refractivity contribution in [3.8, 4) is 23.8 Å². The van der Waals surface area contributed by atoms with E-state index < -0.39 is 5.69 Å². The lowest BCUT2D eigenvalue weighted by Gasteiger charge is -2.24. The van der Waals surface area contributed by atoms with E-state index >= 15 is 0 Å². The van der Waals surface area contributed by atoms with Crippen LogP contribution in [-0.2, 0) is 12.5 Å². The molecule has 0 aliphatic heterocycles.